The summed E-state index contributed by atoms with van der Waals surface area (Å²) in [6.07, 6.45) is 2.47. The Morgan fingerprint density at radius 3 is 2.43 bits per heavy atom. The number of benzene rings is 3. The third-order valence-corrected chi connectivity index (χ3v) is 7.15. The molecule has 0 atom stereocenters. The van der Waals surface area contributed by atoms with E-state index in [0.29, 0.717) is 11.7 Å². The van der Waals surface area contributed by atoms with Crippen molar-refractivity contribution in [2.75, 3.05) is 11.9 Å². The Hall–Kier alpha value is -4.25. The number of aromatic nitrogens is 1. The van der Waals surface area contributed by atoms with E-state index in [4.69, 9.17) is 4.74 Å². The summed E-state index contributed by atoms with van der Waals surface area (Å²) in [6.45, 7) is 3.04. The molecule has 0 fully saturated rings. The van der Waals surface area contributed by atoms with Crippen molar-refractivity contribution in [2.45, 2.75) is 26.1 Å². The number of carbonyl (C=O) groups is 1. The molecule has 0 saturated heterocycles. The zero-order valence-corrected chi connectivity index (χ0v) is 21.1. The maximum atomic E-state index is 12.8. The van der Waals surface area contributed by atoms with Crippen LogP contribution in [0.5, 0.6) is 5.75 Å². The van der Waals surface area contributed by atoms with Crippen LogP contribution in [0, 0.1) is 11.3 Å². The average Bonchev–Trinajstić information content (AvgIpc) is 3.33. The van der Waals surface area contributed by atoms with Crippen LogP contribution in [0.25, 0.3) is 6.08 Å². The summed E-state index contributed by atoms with van der Waals surface area (Å²) >= 11 is 1.49. The molecule has 4 aromatic rings. The third kappa shape index (κ3) is 6.50. The van der Waals surface area contributed by atoms with Gasteiger partial charge in [0.2, 0.25) is 0 Å². The lowest BCUT2D eigenvalue weighted by molar-refractivity contribution is -0.112. The van der Waals surface area contributed by atoms with Gasteiger partial charge in [0.1, 0.15) is 24.0 Å². The quantitative estimate of drug-likeness (QED) is 0.240. The lowest BCUT2D eigenvalue weighted by Gasteiger charge is -2.25. The highest BCUT2D eigenvalue weighted by atomic mass is 32.1. The SMILES string of the molecule is N#C/C(=C\c1ccc(OCc2ccccc2)cc1)C(=O)Nc1nc2c(s1)CCN(Cc1ccccc1)C2. The molecule has 3 aromatic carbocycles. The first-order valence-corrected chi connectivity index (χ1v) is 12.9. The molecule has 1 aliphatic heterocycles. The molecular formula is C30H26N4O2S. The number of amides is 1. The number of nitrogens with zero attached hydrogens (tertiary/aromatic N) is 3. The van der Waals surface area contributed by atoms with Crippen LogP contribution in [0.1, 0.15) is 27.3 Å². The molecular weight excluding hydrogens is 480 g/mol. The van der Waals surface area contributed by atoms with Crippen molar-refractivity contribution in [1.29, 1.82) is 5.26 Å². The Kier molecular flexibility index (Phi) is 7.70. The first-order valence-electron chi connectivity index (χ1n) is 12.1. The van der Waals surface area contributed by atoms with Crippen molar-refractivity contribution < 1.29 is 9.53 Å². The van der Waals surface area contributed by atoms with Crippen LogP contribution in [-0.4, -0.2) is 22.3 Å². The zero-order chi connectivity index (χ0) is 25.5. The molecule has 1 aromatic heterocycles. The number of thiazole rings is 1. The van der Waals surface area contributed by atoms with Gasteiger partial charge in [-0.05, 0) is 41.3 Å². The Morgan fingerprint density at radius 1 is 1.03 bits per heavy atom. The van der Waals surface area contributed by atoms with E-state index in [1.165, 1.54) is 21.8 Å². The fourth-order valence-corrected chi connectivity index (χ4v) is 5.12. The van der Waals surface area contributed by atoms with Gasteiger partial charge in [-0.2, -0.15) is 5.26 Å². The van der Waals surface area contributed by atoms with Crippen LogP contribution in [0.3, 0.4) is 0 Å². The van der Waals surface area contributed by atoms with Crippen molar-refractivity contribution in [2.24, 2.45) is 0 Å². The zero-order valence-electron chi connectivity index (χ0n) is 20.3. The van der Waals surface area contributed by atoms with Gasteiger partial charge in [-0.1, -0.05) is 72.8 Å². The maximum Gasteiger partial charge on any atom is 0.268 e. The Morgan fingerprint density at radius 2 is 1.73 bits per heavy atom. The molecule has 5 rings (SSSR count). The summed E-state index contributed by atoms with van der Waals surface area (Å²) in [5, 5.41) is 13.0. The molecule has 0 radical (unpaired) electrons. The molecule has 0 saturated carbocycles. The van der Waals surface area contributed by atoms with Crippen molar-refractivity contribution in [1.82, 2.24) is 9.88 Å². The lowest BCUT2D eigenvalue weighted by Crippen LogP contribution is -2.29. The van der Waals surface area contributed by atoms with Gasteiger partial charge in [0.15, 0.2) is 5.13 Å². The molecule has 2 heterocycles. The first-order chi connectivity index (χ1) is 18.2. The van der Waals surface area contributed by atoms with E-state index in [0.717, 1.165) is 48.6 Å². The van der Waals surface area contributed by atoms with Gasteiger partial charge >= 0.3 is 0 Å². The molecule has 1 amide bonds. The lowest BCUT2D eigenvalue weighted by atomic mass is 10.1. The topological polar surface area (TPSA) is 78.2 Å². The predicted octanol–water partition coefficient (Wildman–Crippen LogP) is 5.83. The van der Waals surface area contributed by atoms with Gasteiger partial charge < -0.3 is 4.74 Å². The molecule has 6 nitrogen and oxygen atoms in total. The number of nitrogens with one attached hydrogen (secondary N) is 1. The standard InChI is InChI=1S/C30H26N4O2S/c31-18-25(17-22-11-13-26(14-12-22)36-21-24-9-5-2-6-10-24)29(35)33-30-32-27-20-34(16-15-28(27)37-30)19-23-7-3-1-4-8-23/h1-14,17H,15-16,19-21H2,(H,32,33,35)/b25-17+. The predicted molar refractivity (Wildman–Crippen MR) is 146 cm³/mol. The second-order valence-electron chi connectivity index (χ2n) is 8.80. The van der Waals surface area contributed by atoms with Crippen molar-refractivity contribution in [3.05, 3.63) is 118 Å². The number of carbonyl (C=O) groups excluding carboxylic acids is 1. The first kappa shape index (κ1) is 24.4. The van der Waals surface area contributed by atoms with Gasteiger partial charge in [-0.15, -0.1) is 11.3 Å². The molecule has 0 aliphatic carbocycles. The number of rotatable bonds is 8. The van der Waals surface area contributed by atoms with Crippen molar-refractivity contribution >= 4 is 28.5 Å². The van der Waals surface area contributed by atoms with Crippen LogP contribution < -0.4 is 10.1 Å². The number of fused-ring (bicyclic) bond motifs is 1. The average molecular weight is 507 g/mol. The Bertz CT molecular complexity index is 1420. The number of hydrogen-bond donors (Lipinski definition) is 1. The minimum absolute atomic E-state index is 0.0248. The monoisotopic (exact) mass is 506 g/mol. The molecule has 1 aliphatic rings. The second kappa shape index (κ2) is 11.7. The molecule has 0 spiro atoms. The van der Waals surface area contributed by atoms with E-state index in [2.05, 4.69) is 39.5 Å². The van der Waals surface area contributed by atoms with Crippen LogP contribution in [-0.2, 0) is 30.9 Å². The molecule has 184 valence electrons. The highest BCUT2D eigenvalue weighted by Crippen LogP contribution is 2.29. The Balaban J connectivity index is 1.19. The Labute approximate surface area is 220 Å². The fourth-order valence-electron chi connectivity index (χ4n) is 4.16. The minimum atomic E-state index is -0.459. The van der Waals surface area contributed by atoms with Gasteiger partial charge in [0, 0.05) is 24.5 Å². The van der Waals surface area contributed by atoms with Gasteiger partial charge in [0.25, 0.3) is 5.91 Å². The summed E-state index contributed by atoms with van der Waals surface area (Å²) in [6, 6.07) is 29.6. The molecule has 37 heavy (non-hydrogen) atoms. The highest BCUT2D eigenvalue weighted by molar-refractivity contribution is 7.15. The number of anilines is 1. The normalized spacial score (nSPS) is 13.4. The maximum absolute atomic E-state index is 12.8. The number of nitriles is 1. The summed E-state index contributed by atoms with van der Waals surface area (Å²) in [7, 11) is 0. The highest BCUT2D eigenvalue weighted by Gasteiger charge is 2.22. The van der Waals surface area contributed by atoms with E-state index in [-0.39, 0.29) is 5.57 Å². The fraction of sp³-hybridized carbons (Fsp3) is 0.167. The van der Waals surface area contributed by atoms with Crippen LogP contribution in [0.15, 0.2) is 90.5 Å². The smallest absolute Gasteiger partial charge is 0.268 e. The summed E-state index contributed by atoms with van der Waals surface area (Å²) < 4.78 is 5.81. The van der Waals surface area contributed by atoms with E-state index in [9.17, 15) is 10.1 Å². The van der Waals surface area contributed by atoms with Gasteiger partial charge in [-0.3, -0.25) is 15.0 Å². The molecule has 1 N–H and O–H groups in total. The molecule has 0 bridgehead atoms. The largest absolute Gasteiger partial charge is 0.489 e. The minimum Gasteiger partial charge on any atom is -0.489 e. The summed E-state index contributed by atoms with van der Waals surface area (Å²) in [4.78, 5) is 21.0. The van der Waals surface area contributed by atoms with Crippen molar-refractivity contribution in [3.8, 4) is 11.8 Å². The van der Waals surface area contributed by atoms with Gasteiger partial charge in [0.05, 0.1) is 5.69 Å². The van der Waals surface area contributed by atoms with E-state index < -0.39 is 5.91 Å². The van der Waals surface area contributed by atoms with E-state index in [1.54, 1.807) is 6.08 Å². The second-order valence-corrected chi connectivity index (χ2v) is 9.89. The van der Waals surface area contributed by atoms with Crippen molar-refractivity contribution in [3.63, 3.8) is 0 Å². The summed E-state index contributed by atoms with van der Waals surface area (Å²) in [5.74, 6) is 0.262. The van der Waals surface area contributed by atoms with Gasteiger partial charge in [-0.25, -0.2) is 4.98 Å². The summed E-state index contributed by atoms with van der Waals surface area (Å²) in [5.41, 5.74) is 4.12. The molecule has 7 heteroatoms. The van der Waals surface area contributed by atoms with Crippen LogP contribution >= 0.6 is 11.3 Å². The van der Waals surface area contributed by atoms with E-state index in [1.807, 2.05) is 66.7 Å². The van der Waals surface area contributed by atoms with E-state index >= 15 is 0 Å². The number of hydrogen-bond acceptors (Lipinski definition) is 6. The van der Waals surface area contributed by atoms with Crippen LogP contribution in [0.2, 0.25) is 0 Å². The third-order valence-electron chi connectivity index (χ3n) is 6.08. The number of ether oxygens (including phenoxy) is 1. The molecule has 0 unspecified atom stereocenters. The van der Waals surface area contributed by atoms with Crippen LogP contribution in [0.4, 0.5) is 5.13 Å².